The second kappa shape index (κ2) is 10.9. The second-order valence-corrected chi connectivity index (χ2v) is 7.07. The normalized spacial score (nSPS) is 11.0. The summed E-state index contributed by atoms with van der Waals surface area (Å²) in [6.45, 7) is 5.01. The van der Waals surface area contributed by atoms with Gasteiger partial charge in [0.2, 0.25) is 0 Å². The van der Waals surface area contributed by atoms with Gasteiger partial charge in [-0.25, -0.2) is 4.79 Å². The Morgan fingerprint density at radius 3 is 2.19 bits per heavy atom. The third-order valence-electron chi connectivity index (χ3n) is 4.67. The minimum Gasteiger partial charge on any atom is -0.497 e. The van der Waals surface area contributed by atoms with Crippen molar-refractivity contribution >= 4 is 23.5 Å². The molecular formula is C26H28N2O3. The zero-order chi connectivity index (χ0) is 22.1. The molecule has 2 amide bonds. The van der Waals surface area contributed by atoms with Gasteiger partial charge in [-0.15, -0.1) is 0 Å². The monoisotopic (exact) mass is 416 g/mol. The van der Waals surface area contributed by atoms with Crippen molar-refractivity contribution in [2.75, 3.05) is 30.5 Å². The number of anilines is 2. The minimum atomic E-state index is -0.213. The zero-order valence-corrected chi connectivity index (χ0v) is 18.2. The van der Waals surface area contributed by atoms with Crippen LogP contribution < -0.4 is 19.7 Å². The van der Waals surface area contributed by atoms with Crippen molar-refractivity contribution in [2.24, 2.45) is 0 Å². The van der Waals surface area contributed by atoms with Crippen molar-refractivity contribution in [3.8, 4) is 11.5 Å². The first-order valence-corrected chi connectivity index (χ1v) is 10.3. The Morgan fingerprint density at radius 2 is 1.58 bits per heavy atom. The minimum absolute atomic E-state index is 0.213. The molecule has 0 fully saturated rings. The largest absolute Gasteiger partial charge is 0.497 e. The first-order chi connectivity index (χ1) is 15.1. The van der Waals surface area contributed by atoms with Gasteiger partial charge in [0, 0.05) is 17.9 Å². The lowest BCUT2D eigenvalue weighted by molar-refractivity contribution is 0.257. The lowest BCUT2D eigenvalue weighted by Gasteiger charge is -2.24. The Kier molecular flexibility index (Phi) is 7.71. The van der Waals surface area contributed by atoms with E-state index in [2.05, 4.69) is 11.4 Å². The zero-order valence-electron chi connectivity index (χ0n) is 18.2. The summed E-state index contributed by atoms with van der Waals surface area (Å²) >= 11 is 0. The van der Waals surface area contributed by atoms with E-state index in [1.54, 1.807) is 12.0 Å². The Hall–Kier alpha value is -3.73. The standard InChI is InChI=1S/C26H28N2O3/c1-4-31-25-14-10-22(11-15-25)27-26(29)28(23-12-16-24(30-3)17-13-23)19-20(2)18-21-8-6-5-7-9-21/h5-18H,4,19H2,1-3H3,(H,27,29)/b20-18+. The van der Waals surface area contributed by atoms with E-state index in [0.717, 1.165) is 28.3 Å². The summed E-state index contributed by atoms with van der Waals surface area (Å²) < 4.78 is 10.7. The number of carbonyl (C=O) groups is 1. The van der Waals surface area contributed by atoms with Crippen molar-refractivity contribution in [1.29, 1.82) is 0 Å². The van der Waals surface area contributed by atoms with Crippen LogP contribution in [0.15, 0.2) is 84.4 Å². The number of urea groups is 1. The molecule has 5 nitrogen and oxygen atoms in total. The summed E-state index contributed by atoms with van der Waals surface area (Å²) in [7, 11) is 1.62. The molecule has 0 aliphatic rings. The first kappa shape index (κ1) is 22.0. The number of benzene rings is 3. The van der Waals surface area contributed by atoms with E-state index in [4.69, 9.17) is 9.47 Å². The molecule has 0 saturated carbocycles. The number of nitrogens with one attached hydrogen (secondary N) is 1. The number of hydrogen-bond acceptors (Lipinski definition) is 3. The van der Waals surface area contributed by atoms with Crippen molar-refractivity contribution < 1.29 is 14.3 Å². The maximum Gasteiger partial charge on any atom is 0.326 e. The van der Waals surface area contributed by atoms with Crippen LogP contribution in [0, 0.1) is 0 Å². The quantitative estimate of drug-likeness (QED) is 0.473. The van der Waals surface area contributed by atoms with Gasteiger partial charge in [0.15, 0.2) is 0 Å². The van der Waals surface area contributed by atoms with Crippen molar-refractivity contribution in [3.05, 3.63) is 90.0 Å². The molecule has 5 heteroatoms. The Balaban J connectivity index is 1.81. The summed E-state index contributed by atoms with van der Waals surface area (Å²) in [4.78, 5) is 14.9. The Bertz CT molecular complexity index is 997. The number of hydrogen-bond donors (Lipinski definition) is 1. The van der Waals surface area contributed by atoms with Gasteiger partial charge in [0.05, 0.1) is 13.7 Å². The molecule has 0 aromatic heterocycles. The van der Waals surface area contributed by atoms with Gasteiger partial charge in [0.1, 0.15) is 11.5 Å². The summed E-state index contributed by atoms with van der Waals surface area (Å²) in [6, 6.07) is 24.7. The third kappa shape index (κ3) is 6.37. The molecular weight excluding hydrogens is 388 g/mol. The van der Waals surface area contributed by atoms with Crippen LogP contribution in [0.4, 0.5) is 16.2 Å². The number of nitrogens with zero attached hydrogens (tertiary/aromatic N) is 1. The van der Waals surface area contributed by atoms with Crippen LogP contribution in [-0.4, -0.2) is 26.3 Å². The highest BCUT2D eigenvalue weighted by atomic mass is 16.5. The molecule has 0 spiro atoms. The van der Waals surface area contributed by atoms with E-state index in [1.807, 2.05) is 92.7 Å². The third-order valence-corrected chi connectivity index (χ3v) is 4.67. The van der Waals surface area contributed by atoms with Gasteiger partial charge in [-0.05, 0) is 67.9 Å². The molecule has 0 bridgehead atoms. The summed E-state index contributed by atoms with van der Waals surface area (Å²) in [5.74, 6) is 1.52. The van der Waals surface area contributed by atoms with Gasteiger partial charge < -0.3 is 14.8 Å². The smallest absolute Gasteiger partial charge is 0.326 e. The van der Waals surface area contributed by atoms with Crippen LogP contribution in [-0.2, 0) is 0 Å². The van der Waals surface area contributed by atoms with Crippen LogP contribution in [0.25, 0.3) is 6.08 Å². The molecule has 1 N–H and O–H groups in total. The molecule has 0 saturated heterocycles. The maximum absolute atomic E-state index is 13.2. The molecule has 0 unspecified atom stereocenters. The van der Waals surface area contributed by atoms with Gasteiger partial charge in [-0.3, -0.25) is 4.90 Å². The van der Waals surface area contributed by atoms with Gasteiger partial charge in [-0.1, -0.05) is 42.0 Å². The number of rotatable bonds is 8. The van der Waals surface area contributed by atoms with E-state index in [1.165, 1.54) is 0 Å². The van der Waals surface area contributed by atoms with E-state index >= 15 is 0 Å². The predicted molar refractivity (Wildman–Crippen MR) is 127 cm³/mol. The average molecular weight is 417 g/mol. The van der Waals surface area contributed by atoms with E-state index in [9.17, 15) is 4.79 Å². The lowest BCUT2D eigenvalue weighted by Crippen LogP contribution is -2.36. The second-order valence-electron chi connectivity index (χ2n) is 7.07. The number of carbonyl (C=O) groups excluding carboxylic acids is 1. The molecule has 31 heavy (non-hydrogen) atoms. The Labute approximate surface area is 183 Å². The van der Waals surface area contributed by atoms with Gasteiger partial charge in [-0.2, -0.15) is 0 Å². The van der Waals surface area contributed by atoms with E-state index in [-0.39, 0.29) is 6.03 Å². The molecule has 3 rings (SSSR count). The van der Waals surface area contributed by atoms with Crippen LogP contribution in [0.2, 0.25) is 0 Å². The molecule has 160 valence electrons. The highest BCUT2D eigenvalue weighted by molar-refractivity contribution is 6.02. The average Bonchev–Trinajstić information content (AvgIpc) is 2.80. The van der Waals surface area contributed by atoms with E-state index < -0.39 is 0 Å². The van der Waals surface area contributed by atoms with Gasteiger partial charge >= 0.3 is 6.03 Å². The highest BCUT2D eigenvalue weighted by Crippen LogP contribution is 2.23. The molecule has 0 heterocycles. The number of methoxy groups -OCH3 is 1. The van der Waals surface area contributed by atoms with Crippen molar-refractivity contribution in [3.63, 3.8) is 0 Å². The molecule has 0 radical (unpaired) electrons. The number of ether oxygens (including phenoxy) is 2. The fraction of sp³-hybridized carbons (Fsp3) is 0.192. The fourth-order valence-electron chi connectivity index (χ4n) is 3.16. The number of amides is 2. The molecule has 0 aliphatic heterocycles. The van der Waals surface area contributed by atoms with E-state index in [0.29, 0.717) is 18.8 Å². The molecule has 3 aromatic carbocycles. The van der Waals surface area contributed by atoms with Crippen molar-refractivity contribution in [2.45, 2.75) is 13.8 Å². The summed E-state index contributed by atoms with van der Waals surface area (Å²) in [6.07, 6.45) is 2.08. The Morgan fingerprint density at radius 1 is 0.935 bits per heavy atom. The van der Waals surface area contributed by atoms with Crippen molar-refractivity contribution in [1.82, 2.24) is 0 Å². The van der Waals surface area contributed by atoms with Crippen LogP contribution in [0.1, 0.15) is 19.4 Å². The molecule has 0 aliphatic carbocycles. The predicted octanol–water partition coefficient (Wildman–Crippen LogP) is 6.24. The van der Waals surface area contributed by atoms with Crippen LogP contribution >= 0.6 is 0 Å². The summed E-state index contributed by atoms with van der Waals surface area (Å²) in [5.41, 5.74) is 3.65. The maximum atomic E-state index is 13.2. The van der Waals surface area contributed by atoms with Crippen LogP contribution in [0.5, 0.6) is 11.5 Å². The fourth-order valence-corrected chi connectivity index (χ4v) is 3.16. The van der Waals surface area contributed by atoms with Gasteiger partial charge in [0.25, 0.3) is 0 Å². The molecule has 3 aromatic rings. The first-order valence-electron chi connectivity index (χ1n) is 10.3. The highest BCUT2D eigenvalue weighted by Gasteiger charge is 2.17. The summed E-state index contributed by atoms with van der Waals surface area (Å²) in [5, 5.41) is 2.98. The lowest BCUT2D eigenvalue weighted by atomic mass is 10.1. The SMILES string of the molecule is CCOc1ccc(NC(=O)N(C/C(C)=C/c2ccccc2)c2ccc(OC)cc2)cc1. The molecule has 0 atom stereocenters. The van der Waals surface area contributed by atoms with Crippen LogP contribution in [0.3, 0.4) is 0 Å². The topological polar surface area (TPSA) is 50.8 Å².